The molecule has 0 unspecified atom stereocenters. The van der Waals surface area contributed by atoms with Crippen molar-refractivity contribution in [2.45, 2.75) is 33.6 Å². The minimum absolute atomic E-state index is 0.136. The van der Waals surface area contributed by atoms with Crippen LogP contribution in [0.1, 0.15) is 33.6 Å². The summed E-state index contributed by atoms with van der Waals surface area (Å²) < 4.78 is 40.5. The van der Waals surface area contributed by atoms with Crippen molar-refractivity contribution in [2.24, 2.45) is 13.0 Å². The number of benzene rings is 2. The molecule has 0 aliphatic heterocycles. The third-order valence-electron chi connectivity index (χ3n) is 5.11. The third kappa shape index (κ3) is 6.21. The number of anilines is 1. The van der Waals surface area contributed by atoms with Crippen molar-refractivity contribution >= 4 is 11.6 Å². The molecule has 1 heterocycles. The minimum Gasteiger partial charge on any atom is -0.493 e. The number of aromatic nitrogens is 1. The summed E-state index contributed by atoms with van der Waals surface area (Å²) in [6.07, 6.45) is 2.70. The normalized spacial score (nSPS) is 10.9. The van der Waals surface area contributed by atoms with Crippen molar-refractivity contribution in [3.63, 3.8) is 0 Å². The van der Waals surface area contributed by atoms with E-state index in [4.69, 9.17) is 9.47 Å². The summed E-state index contributed by atoms with van der Waals surface area (Å²) in [5.41, 5.74) is 1.22. The average molecular weight is 471 g/mol. The number of rotatable bonds is 9. The first-order chi connectivity index (χ1) is 16.2. The van der Waals surface area contributed by atoms with Gasteiger partial charge in [0.1, 0.15) is 17.3 Å². The van der Waals surface area contributed by atoms with Crippen molar-refractivity contribution in [2.75, 3.05) is 11.9 Å². The molecule has 34 heavy (non-hydrogen) atoms. The molecule has 180 valence electrons. The van der Waals surface area contributed by atoms with Gasteiger partial charge in [-0.3, -0.25) is 9.59 Å². The molecular weight excluding hydrogens is 442 g/mol. The summed E-state index contributed by atoms with van der Waals surface area (Å²) in [7, 11) is 1.60. The molecule has 0 spiro atoms. The number of carbonyl (C=O) groups is 1. The Morgan fingerprint density at radius 3 is 2.44 bits per heavy atom. The second-order valence-corrected chi connectivity index (χ2v) is 8.30. The molecule has 0 atom stereocenters. The van der Waals surface area contributed by atoms with Gasteiger partial charge in [-0.2, -0.15) is 0 Å². The summed E-state index contributed by atoms with van der Waals surface area (Å²) in [5.74, 6) is -0.933. The first-order valence-electron chi connectivity index (χ1n) is 11.1. The smallest absolute Gasteiger partial charge is 0.254 e. The number of hydrogen-bond acceptors (Lipinski definition) is 4. The second-order valence-electron chi connectivity index (χ2n) is 8.30. The van der Waals surface area contributed by atoms with Crippen LogP contribution in [0.3, 0.4) is 0 Å². The fourth-order valence-corrected chi connectivity index (χ4v) is 3.32. The lowest BCUT2D eigenvalue weighted by molar-refractivity contribution is -0.116. The highest BCUT2D eigenvalue weighted by atomic mass is 19.1. The van der Waals surface area contributed by atoms with E-state index in [1.54, 1.807) is 38.4 Å². The van der Waals surface area contributed by atoms with Crippen LogP contribution in [-0.4, -0.2) is 17.1 Å². The number of pyridine rings is 1. The van der Waals surface area contributed by atoms with Crippen LogP contribution in [0.25, 0.3) is 11.1 Å². The molecule has 3 aromatic rings. The van der Waals surface area contributed by atoms with Gasteiger partial charge < -0.3 is 19.4 Å². The van der Waals surface area contributed by atoms with Gasteiger partial charge in [0, 0.05) is 48.6 Å². The minimum atomic E-state index is -0.859. The van der Waals surface area contributed by atoms with Gasteiger partial charge in [0.2, 0.25) is 5.91 Å². The summed E-state index contributed by atoms with van der Waals surface area (Å²) in [6, 6.07) is 9.27. The molecule has 0 saturated heterocycles. The van der Waals surface area contributed by atoms with Crippen LogP contribution >= 0.6 is 0 Å². The maximum absolute atomic E-state index is 14.3. The van der Waals surface area contributed by atoms with Crippen molar-refractivity contribution in [3.8, 4) is 28.4 Å². The fourth-order valence-electron chi connectivity index (χ4n) is 3.32. The highest BCUT2D eigenvalue weighted by Gasteiger charge is 2.18. The second kappa shape index (κ2) is 11.0. The Hall–Kier alpha value is -3.68. The van der Waals surface area contributed by atoms with E-state index in [2.05, 4.69) is 5.32 Å². The lowest BCUT2D eigenvalue weighted by Gasteiger charge is -2.17. The molecule has 0 aliphatic carbocycles. The van der Waals surface area contributed by atoms with Gasteiger partial charge in [0.15, 0.2) is 11.6 Å². The van der Waals surface area contributed by atoms with Crippen LogP contribution in [-0.2, 0) is 11.8 Å². The predicted molar refractivity (Wildman–Crippen MR) is 127 cm³/mol. The Balaban J connectivity index is 2.08. The number of aryl methyl sites for hydroxylation is 1. The highest BCUT2D eigenvalue weighted by molar-refractivity contribution is 5.92. The van der Waals surface area contributed by atoms with Gasteiger partial charge in [0.05, 0.1) is 6.61 Å². The van der Waals surface area contributed by atoms with Crippen LogP contribution in [0, 0.1) is 17.6 Å². The van der Waals surface area contributed by atoms with Crippen LogP contribution in [0.15, 0.2) is 53.5 Å². The average Bonchev–Trinajstić information content (AvgIpc) is 2.77. The van der Waals surface area contributed by atoms with E-state index in [1.165, 1.54) is 16.7 Å². The summed E-state index contributed by atoms with van der Waals surface area (Å²) in [5, 5.41) is 2.87. The maximum Gasteiger partial charge on any atom is 0.254 e. The summed E-state index contributed by atoms with van der Waals surface area (Å²) in [6.45, 7) is 6.19. The lowest BCUT2D eigenvalue weighted by atomic mass is 10.0. The van der Waals surface area contributed by atoms with E-state index in [0.717, 1.165) is 18.6 Å². The van der Waals surface area contributed by atoms with Gasteiger partial charge in [-0.1, -0.05) is 13.8 Å². The third-order valence-corrected chi connectivity index (χ3v) is 5.11. The molecule has 1 amide bonds. The molecule has 2 aromatic carbocycles. The zero-order valence-corrected chi connectivity index (χ0v) is 19.7. The standard InChI is InChI=1S/C26H28F2N2O4/c1-5-33-24-14-26(32)30(4)15-20(24)19-13-18(29-25(31)11-6-16(2)3)8-10-22(19)34-23-9-7-17(27)12-21(23)28/h7-10,12-16H,5-6,11H2,1-4H3,(H,29,31). The van der Waals surface area contributed by atoms with E-state index in [0.29, 0.717) is 41.5 Å². The Morgan fingerprint density at radius 1 is 1.03 bits per heavy atom. The van der Waals surface area contributed by atoms with Gasteiger partial charge in [-0.25, -0.2) is 8.78 Å². The van der Waals surface area contributed by atoms with Crippen LogP contribution < -0.4 is 20.3 Å². The maximum atomic E-state index is 14.3. The van der Waals surface area contributed by atoms with Crippen molar-refractivity contribution in [1.29, 1.82) is 0 Å². The molecule has 6 nitrogen and oxygen atoms in total. The quantitative estimate of drug-likeness (QED) is 0.423. The Labute approximate surface area is 197 Å². The Kier molecular flexibility index (Phi) is 8.04. The van der Waals surface area contributed by atoms with Crippen LogP contribution in [0.5, 0.6) is 17.2 Å². The molecule has 0 fully saturated rings. The number of carbonyl (C=O) groups excluding carboxylic acids is 1. The number of amides is 1. The molecule has 8 heteroatoms. The predicted octanol–water partition coefficient (Wildman–Crippen LogP) is 5.90. The fraction of sp³-hybridized carbons (Fsp3) is 0.308. The molecule has 1 N–H and O–H groups in total. The zero-order valence-electron chi connectivity index (χ0n) is 19.7. The first kappa shape index (κ1) is 25.0. The molecule has 0 bridgehead atoms. The van der Waals surface area contributed by atoms with Gasteiger partial charge >= 0.3 is 0 Å². The van der Waals surface area contributed by atoms with Gasteiger partial charge in [0.25, 0.3) is 5.56 Å². The van der Waals surface area contributed by atoms with Crippen LogP contribution in [0.4, 0.5) is 14.5 Å². The van der Waals surface area contributed by atoms with Crippen molar-refractivity contribution < 1.29 is 23.0 Å². The summed E-state index contributed by atoms with van der Waals surface area (Å²) in [4.78, 5) is 24.6. The largest absolute Gasteiger partial charge is 0.493 e. The zero-order chi connectivity index (χ0) is 24.8. The Morgan fingerprint density at radius 2 is 1.76 bits per heavy atom. The monoisotopic (exact) mass is 470 g/mol. The summed E-state index contributed by atoms with van der Waals surface area (Å²) >= 11 is 0. The van der Waals surface area contributed by atoms with E-state index in [1.807, 2.05) is 13.8 Å². The number of nitrogens with one attached hydrogen (secondary N) is 1. The van der Waals surface area contributed by atoms with Gasteiger partial charge in [-0.15, -0.1) is 0 Å². The number of ether oxygens (including phenoxy) is 2. The Bertz CT molecular complexity index is 1240. The van der Waals surface area contributed by atoms with E-state index < -0.39 is 11.6 Å². The topological polar surface area (TPSA) is 69.6 Å². The molecule has 0 aliphatic rings. The first-order valence-corrected chi connectivity index (χ1v) is 11.1. The van der Waals surface area contributed by atoms with Crippen LogP contribution in [0.2, 0.25) is 0 Å². The molecule has 3 rings (SSSR count). The van der Waals surface area contributed by atoms with E-state index in [9.17, 15) is 18.4 Å². The molecular formula is C26H28F2N2O4. The molecule has 0 saturated carbocycles. The lowest BCUT2D eigenvalue weighted by Crippen LogP contribution is -2.16. The number of hydrogen-bond donors (Lipinski definition) is 1. The van der Waals surface area contributed by atoms with Gasteiger partial charge in [-0.05, 0) is 49.6 Å². The highest BCUT2D eigenvalue weighted by Crippen LogP contribution is 2.40. The molecule has 0 radical (unpaired) electrons. The van der Waals surface area contributed by atoms with E-state index in [-0.39, 0.29) is 23.0 Å². The van der Waals surface area contributed by atoms with E-state index >= 15 is 0 Å². The molecule has 1 aromatic heterocycles. The van der Waals surface area contributed by atoms with Crippen molar-refractivity contribution in [3.05, 3.63) is 70.6 Å². The number of halogens is 2. The SMILES string of the molecule is CCOc1cc(=O)n(C)cc1-c1cc(NC(=O)CCC(C)C)ccc1Oc1ccc(F)cc1F. The van der Waals surface area contributed by atoms with Crippen molar-refractivity contribution in [1.82, 2.24) is 4.57 Å². The number of nitrogens with zero attached hydrogens (tertiary/aromatic N) is 1.